The molecule has 0 aliphatic carbocycles. The highest BCUT2D eigenvalue weighted by atomic mass is 32.2. The van der Waals surface area contributed by atoms with Gasteiger partial charge in [0.25, 0.3) is 5.91 Å². The van der Waals surface area contributed by atoms with E-state index in [4.69, 9.17) is 0 Å². The number of aliphatic carboxylic acids is 1. The lowest BCUT2D eigenvalue weighted by atomic mass is 9.98. The normalized spacial score (nSPS) is 13.6. The zero-order valence-electron chi connectivity index (χ0n) is 14.6. The third-order valence-corrected chi connectivity index (χ3v) is 5.92. The smallest absolute Gasteiger partial charge is 0.329 e. The molecule has 0 spiro atoms. The Morgan fingerprint density at radius 2 is 1.73 bits per heavy atom. The molecular weight excluding hydrogens is 354 g/mol. The average molecular weight is 375 g/mol. The van der Waals surface area contributed by atoms with Gasteiger partial charge in [-0.25, -0.2) is 13.2 Å². The van der Waals surface area contributed by atoms with Crippen LogP contribution < -0.4 is 5.32 Å². The van der Waals surface area contributed by atoms with Gasteiger partial charge in [-0.2, -0.15) is 0 Å². The Morgan fingerprint density at radius 1 is 1.08 bits per heavy atom. The molecule has 0 fully saturated rings. The van der Waals surface area contributed by atoms with Crippen molar-refractivity contribution in [3.63, 3.8) is 0 Å². The first kappa shape index (κ1) is 19.7. The van der Waals surface area contributed by atoms with Gasteiger partial charge in [0.15, 0.2) is 9.84 Å². The SMILES string of the molecule is CCC(C)(NC(=O)c1cccc(CS(=O)(=O)c2ccccc2)c1)C(=O)O. The molecule has 6 nitrogen and oxygen atoms in total. The zero-order valence-corrected chi connectivity index (χ0v) is 15.4. The van der Waals surface area contributed by atoms with E-state index in [9.17, 15) is 23.1 Å². The number of hydrogen-bond acceptors (Lipinski definition) is 4. The van der Waals surface area contributed by atoms with Crippen LogP contribution in [0.2, 0.25) is 0 Å². The van der Waals surface area contributed by atoms with E-state index >= 15 is 0 Å². The molecule has 0 aliphatic rings. The van der Waals surface area contributed by atoms with Crippen LogP contribution in [0.5, 0.6) is 0 Å². The second kappa shape index (κ2) is 7.70. The van der Waals surface area contributed by atoms with Crippen LogP contribution in [-0.4, -0.2) is 30.9 Å². The average Bonchev–Trinajstić information content (AvgIpc) is 2.62. The second-order valence-electron chi connectivity index (χ2n) is 6.22. The van der Waals surface area contributed by atoms with Gasteiger partial charge < -0.3 is 10.4 Å². The van der Waals surface area contributed by atoms with Gasteiger partial charge in [0, 0.05) is 5.56 Å². The highest BCUT2D eigenvalue weighted by Gasteiger charge is 2.33. The molecule has 2 aromatic rings. The number of sulfone groups is 1. The van der Waals surface area contributed by atoms with E-state index in [1.54, 1.807) is 37.3 Å². The van der Waals surface area contributed by atoms with Crippen LogP contribution in [0, 0.1) is 0 Å². The molecule has 0 heterocycles. The van der Waals surface area contributed by atoms with Crippen LogP contribution in [0.1, 0.15) is 36.2 Å². The van der Waals surface area contributed by atoms with Gasteiger partial charge in [0.2, 0.25) is 0 Å². The molecule has 138 valence electrons. The highest BCUT2D eigenvalue weighted by molar-refractivity contribution is 7.90. The molecule has 1 unspecified atom stereocenters. The number of hydrogen-bond donors (Lipinski definition) is 2. The van der Waals surface area contributed by atoms with Crippen molar-refractivity contribution in [2.45, 2.75) is 36.5 Å². The number of carbonyl (C=O) groups is 2. The summed E-state index contributed by atoms with van der Waals surface area (Å²) >= 11 is 0. The Labute approximate surface area is 152 Å². The quantitative estimate of drug-likeness (QED) is 0.775. The summed E-state index contributed by atoms with van der Waals surface area (Å²) in [5.41, 5.74) is -0.717. The van der Waals surface area contributed by atoms with Gasteiger partial charge in [0.1, 0.15) is 5.54 Å². The Bertz CT molecular complexity index is 909. The molecule has 7 heteroatoms. The zero-order chi connectivity index (χ0) is 19.4. The monoisotopic (exact) mass is 375 g/mol. The Balaban J connectivity index is 2.23. The standard InChI is InChI=1S/C19H21NO5S/c1-3-19(2,18(22)23)20-17(21)15-9-7-8-14(12-15)13-26(24,25)16-10-5-4-6-11-16/h4-12H,3,13H2,1-2H3,(H,20,21)(H,22,23). The number of benzene rings is 2. The van der Waals surface area contributed by atoms with Crippen molar-refractivity contribution in [2.24, 2.45) is 0 Å². The summed E-state index contributed by atoms with van der Waals surface area (Å²) < 4.78 is 24.9. The molecule has 2 N–H and O–H groups in total. The van der Waals surface area contributed by atoms with Gasteiger partial charge in [-0.1, -0.05) is 37.3 Å². The first-order chi connectivity index (χ1) is 12.2. The van der Waals surface area contributed by atoms with Gasteiger partial charge in [0.05, 0.1) is 10.6 Å². The molecule has 0 radical (unpaired) electrons. The molecule has 0 bridgehead atoms. The highest BCUT2D eigenvalue weighted by Crippen LogP contribution is 2.18. The lowest BCUT2D eigenvalue weighted by Gasteiger charge is -2.24. The number of carboxylic acids is 1. The predicted molar refractivity (Wildman–Crippen MR) is 97.6 cm³/mol. The summed E-state index contributed by atoms with van der Waals surface area (Å²) in [6.45, 7) is 3.09. The topological polar surface area (TPSA) is 101 Å². The molecule has 0 saturated carbocycles. The van der Waals surface area contributed by atoms with Crippen molar-refractivity contribution < 1.29 is 23.1 Å². The van der Waals surface area contributed by atoms with Crippen molar-refractivity contribution in [2.75, 3.05) is 0 Å². The molecule has 2 rings (SSSR count). The fourth-order valence-electron chi connectivity index (χ4n) is 2.35. The fourth-order valence-corrected chi connectivity index (χ4v) is 3.71. The molecule has 0 saturated heterocycles. The van der Waals surface area contributed by atoms with Crippen LogP contribution in [0.4, 0.5) is 0 Å². The van der Waals surface area contributed by atoms with E-state index in [1.165, 1.54) is 31.2 Å². The van der Waals surface area contributed by atoms with Crippen molar-refractivity contribution >= 4 is 21.7 Å². The van der Waals surface area contributed by atoms with E-state index in [0.717, 1.165) is 0 Å². The summed E-state index contributed by atoms with van der Waals surface area (Å²) in [6, 6.07) is 14.2. The summed E-state index contributed by atoms with van der Waals surface area (Å²) in [5.74, 6) is -1.94. The fraction of sp³-hybridized carbons (Fsp3) is 0.263. The summed E-state index contributed by atoms with van der Waals surface area (Å²) in [7, 11) is -3.53. The molecule has 2 aromatic carbocycles. The van der Waals surface area contributed by atoms with Gasteiger partial charge in [-0.05, 0) is 43.2 Å². The minimum Gasteiger partial charge on any atom is -0.480 e. The van der Waals surface area contributed by atoms with Gasteiger partial charge in [-0.3, -0.25) is 4.79 Å². The molecule has 0 aromatic heterocycles. The lowest BCUT2D eigenvalue weighted by molar-refractivity contribution is -0.143. The lowest BCUT2D eigenvalue weighted by Crippen LogP contribution is -2.51. The Hall–Kier alpha value is -2.67. The maximum atomic E-state index is 12.5. The first-order valence-electron chi connectivity index (χ1n) is 8.10. The maximum Gasteiger partial charge on any atom is 0.329 e. The Kier molecular flexibility index (Phi) is 5.82. The minimum absolute atomic E-state index is 0.208. The number of amides is 1. The number of rotatable bonds is 7. The number of carbonyl (C=O) groups excluding carboxylic acids is 1. The summed E-state index contributed by atoms with van der Waals surface area (Å²) in [5, 5.41) is 11.8. The number of nitrogens with one attached hydrogen (secondary N) is 1. The third kappa shape index (κ3) is 4.49. The second-order valence-corrected chi connectivity index (χ2v) is 8.21. The van der Waals surface area contributed by atoms with Crippen LogP contribution in [0.25, 0.3) is 0 Å². The number of carboxylic acid groups (broad SMARTS) is 1. The van der Waals surface area contributed by atoms with Crippen LogP contribution >= 0.6 is 0 Å². The van der Waals surface area contributed by atoms with Crippen LogP contribution in [0.3, 0.4) is 0 Å². The van der Waals surface area contributed by atoms with E-state index in [1.807, 2.05) is 0 Å². The molecule has 0 aliphatic heterocycles. The molecule has 1 atom stereocenters. The van der Waals surface area contributed by atoms with Crippen LogP contribution in [0.15, 0.2) is 59.5 Å². The van der Waals surface area contributed by atoms with E-state index in [2.05, 4.69) is 5.32 Å². The van der Waals surface area contributed by atoms with Crippen molar-refractivity contribution in [3.05, 3.63) is 65.7 Å². The predicted octanol–water partition coefficient (Wildman–Crippen LogP) is 2.64. The van der Waals surface area contributed by atoms with E-state index in [0.29, 0.717) is 5.56 Å². The van der Waals surface area contributed by atoms with Crippen LogP contribution in [-0.2, 0) is 20.4 Å². The molecule has 26 heavy (non-hydrogen) atoms. The van der Waals surface area contributed by atoms with E-state index in [-0.39, 0.29) is 22.6 Å². The van der Waals surface area contributed by atoms with Crippen molar-refractivity contribution in [1.29, 1.82) is 0 Å². The first-order valence-corrected chi connectivity index (χ1v) is 9.76. The van der Waals surface area contributed by atoms with Gasteiger partial charge in [-0.15, -0.1) is 0 Å². The summed E-state index contributed by atoms with van der Waals surface area (Å²) in [6.07, 6.45) is 0.218. The van der Waals surface area contributed by atoms with Crippen molar-refractivity contribution in [1.82, 2.24) is 5.32 Å². The van der Waals surface area contributed by atoms with E-state index < -0.39 is 27.3 Å². The summed E-state index contributed by atoms with van der Waals surface area (Å²) in [4.78, 5) is 23.9. The largest absolute Gasteiger partial charge is 0.480 e. The minimum atomic E-state index is -3.53. The van der Waals surface area contributed by atoms with Gasteiger partial charge >= 0.3 is 5.97 Å². The van der Waals surface area contributed by atoms with Crippen molar-refractivity contribution in [3.8, 4) is 0 Å². The maximum absolute atomic E-state index is 12.5. The molecular formula is C19H21NO5S. The third-order valence-electron chi connectivity index (χ3n) is 4.22. The Morgan fingerprint density at radius 3 is 2.31 bits per heavy atom. The molecule has 1 amide bonds.